The van der Waals surface area contributed by atoms with E-state index in [2.05, 4.69) is 37.7 Å². The molecule has 1 saturated heterocycles. The molecule has 3 N–H and O–H groups in total. The fraction of sp³-hybridized carbons (Fsp3) is 0.450. The Balaban J connectivity index is 1.65. The Morgan fingerprint density at radius 2 is 2.09 bits per heavy atom. The second kappa shape index (κ2) is 10.5. The maximum Gasteiger partial charge on any atom is 0.416 e. The van der Waals surface area contributed by atoms with Crippen molar-refractivity contribution in [3.8, 4) is 5.75 Å². The molecule has 1 fully saturated rings. The monoisotopic (exact) mass is 488 g/mol. The third kappa shape index (κ3) is 6.57. The summed E-state index contributed by atoms with van der Waals surface area (Å²) in [6.45, 7) is 6.01. The van der Waals surface area contributed by atoms with Crippen LogP contribution in [0.3, 0.4) is 0 Å². The minimum absolute atomic E-state index is 0.0193. The molecule has 3 rings (SSSR count). The van der Waals surface area contributed by atoms with E-state index >= 15 is 0 Å². The van der Waals surface area contributed by atoms with Crippen LogP contribution >= 0.6 is 23.8 Å². The molecule has 0 bridgehead atoms. The van der Waals surface area contributed by atoms with Crippen LogP contribution in [0.4, 0.5) is 30.6 Å². The van der Waals surface area contributed by atoms with Crippen molar-refractivity contribution >= 4 is 46.4 Å². The van der Waals surface area contributed by atoms with E-state index in [1.54, 1.807) is 0 Å². The van der Waals surface area contributed by atoms with E-state index < -0.39 is 11.7 Å². The third-order valence-corrected chi connectivity index (χ3v) is 5.48. The number of alkyl halides is 3. The van der Waals surface area contributed by atoms with E-state index in [-0.39, 0.29) is 21.8 Å². The number of rotatable bonds is 7. The molecule has 1 aromatic heterocycles. The van der Waals surface area contributed by atoms with Gasteiger partial charge in [0.1, 0.15) is 0 Å². The Hall–Kier alpha value is -2.37. The van der Waals surface area contributed by atoms with Crippen LogP contribution in [0.5, 0.6) is 5.75 Å². The molecule has 2 aromatic rings. The summed E-state index contributed by atoms with van der Waals surface area (Å²) in [6, 6.07) is 3.11. The second-order valence-corrected chi connectivity index (χ2v) is 8.19. The molecule has 1 unspecified atom stereocenters. The van der Waals surface area contributed by atoms with Crippen molar-refractivity contribution in [2.24, 2.45) is 5.92 Å². The van der Waals surface area contributed by atoms with E-state index in [1.807, 2.05) is 0 Å². The van der Waals surface area contributed by atoms with Gasteiger partial charge in [0, 0.05) is 23.8 Å². The topological polar surface area (TPSA) is 74.3 Å². The molecule has 0 radical (unpaired) electrons. The molecule has 0 spiro atoms. The lowest BCUT2D eigenvalue weighted by molar-refractivity contribution is -0.137. The first-order chi connectivity index (χ1) is 15.2. The summed E-state index contributed by atoms with van der Waals surface area (Å²) in [6.07, 6.45) is -1.93. The van der Waals surface area contributed by atoms with Gasteiger partial charge in [-0.2, -0.15) is 18.2 Å². The lowest BCUT2D eigenvalue weighted by atomic mass is 10.1. The molecule has 0 amide bonds. The van der Waals surface area contributed by atoms with Crippen molar-refractivity contribution in [2.45, 2.75) is 19.5 Å². The first-order valence-corrected chi connectivity index (χ1v) is 10.8. The van der Waals surface area contributed by atoms with Gasteiger partial charge in [0.05, 0.1) is 18.9 Å². The summed E-state index contributed by atoms with van der Waals surface area (Å²) < 4.78 is 44.3. The van der Waals surface area contributed by atoms with Gasteiger partial charge in [-0.3, -0.25) is 0 Å². The van der Waals surface area contributed by atoms with Crippen molar-refractivity contribution < 1.29 is 17.9 Å². The summed E-state index contributed by atoms with van der Waals surface area (Å²) in [5.74, 6) is 1.65. The molecule has 1 aromatic carbocycles. The summed E-state index contributed by atoms with van der Waals surface area (Å²) in [4.78, 5) is 10.9. The van der Waals surface area contributed by atoms with Crippen LogP contribution in [0.25, 0.3) is 0 Å². The van der Waals surface area contributed by atoms with Crippen LogP contribution in [0.15, 0.2) is 24.4 Å². The second-order valence-electron chi connectivity index (χ2n) is 7.34. The minimum Gasteiger partial charge on any atom is -0.491 e. The molecule has 12 heteroatoms. The largest absolute Gasteiger partial charge is 0.491 e. The number of thiocarbonyl (C=S) groups is 1. The summed E-state index contributed by atoms with van der Waals surface area (Å²) in [5, 5.41) is 8.70. The number of nitrogens with zero attached hydrogens (tertiary/aromatic N) is 3. The fourth-order valence-corrected chi connectivity index (χ4v) is 3.85. The van der Waals surface area contributed by atoms with E-state index in [9.17, 15) is 13.2 Å². The summed E-state index contributed by atoms with van der Waals surface area (Å²) >= 11 is 11.0. The summed E-state index contributed by atoms with van der Waals surface area (Å²) in [7, 11) is 1.52. The highest BCUT2D eigenvalue weighted by Gasteiger charge is 2.31. The van der Waals surface area contributed by atoms with Gasteiger partial charge in [0.15, 0.2) is 16.7 Å². The van der Waals surface area contributed by atoms with Crippen LogP contribution in [-0.2, 0) is 6.18 Å². The van der Waals surface area contributed by atoms with Crippen molar-refractivity contribution in [3.05, 3.63) is 35.0 Å². The molecule has 1 atom stereocenters. The van der Waals surface area contributed by atoms with E-state index in [0.717, 1.165) is 44.7 Å². The van der Waals surface area contributed by atoms with Crippen molar-refractivity contribution in [3.63, 3.8) is 0 Å². The van der Waals surface area contributed by atoms with Gasteiger partial charge >= 0.3 is 6.18 Å². The highest BCUT2D eigenvalue weighted by atomic mass is 35.5. The molecular weight excluding hydrogens is 465 g/mol. The van der Waals surface area contributed by atoms with E-state index in [4.69, 9.17) is 28.6 Å². The maximum absolute atomic E-state index is 13.0. The number of hydrogen-bond donors (Lipinski definition) is 3. The van der Waals surface area contributed by atoms with Gasteiger partial charge < -0.3 is 25.6 Å². The molecule has 1 aliphatic rings. The van der Waals surface area contributed by atoms with Crippen LogP contribution < -0.4 is 20.7 Å². The van der Waals surface area contributed by atoms with Gasteiger partial charge in [0.25, 0.3) is 0 Å². The summed E-state index contributed by atoms with van der Waals surface area (Å²) in [5.41, 5.74) is -0.785. The zero-order valence-electron chi connectivity index (χ0n) is 17.6. The smallest absolute Gasteiger partial charge is 0.416 e. The van der Waals surface area contributed by atoms with Crippen LogP contribution in [0.2, 0.25) is 5.02 Å². The Morgan fingerprint density at radius 1 is 1.31 bits per heavy atom. The number of halogens is 4. The van der Waals surface area contributed by atoms with Gasteiger partial charge in [-0.25, -0.2) is 4.98 Å². The zero-order valence-corrected chi connectivity index (χ0v) is 19.2. The molecule has 32 heavy (non-hydrogen) atoms. The molecule has 1 aliphatic heterocycles. The van der Waals surface area contributed by atoms with E-state index in [1.165, 1.54) is 19.4 Å². The van der Waals surface area contributed by atoms with Crippen LogP contribution in [0.1, 0.15) is 18.9 Å². The number of hydrogen-bond acceptors (Lipinski definition) is 6. The SMILES string of the molecule is CCN1CCC(CNc2nc(NC(=S)Nc3cc(Cl)cc(C(F)(F)F)c3)ncc2OC)C1. The van der Waals surface area contributed by atoms with Gasteiger partial charge in [-0.15, -0.1) is 0 Å². The molecular formula is C20H24ClF3N6OS. The Bertz CT molecular complexity index is 961. The van der Waals surface area contributed by atoms with Gasteiger partial charge in [-0.1, -0.05) is 18.5 Å². The predicted octanol–water partition coefficient (Wildman–Crippen LogP) is 4.72. The Morgan fingerprint density at radius 3 is 2.75 bits per heavy atom. The van der Waals surface area contributed by atoms with Gasteiger partial charge in [-0.05, 0) is 55.8 Å². The van der Waals surface area contributed by atoms with Crippen molar-refractivity contribution in [1.29, 1.82) is 0 Å². The van der Waals surface area contributed by atoms with Gasteiger partial charge in [0.2, 0.25) is 5.95 Å². The normalized spacial score (nSPS) is 16.6. The molecule has 174 valence electrons. The molecule has 2 heterocycles. The Labute approximate surface area is 194 Å². The third-order valence-electron chi connectivity index (χ3n) is 5.06. The number of nitrogens with one attached hydrogen (secondary N) is 3. The molecule has 0 aliphatic carbocycles. The minimum atomic E-state index is -4.52. The van der Waals surface area contributed by atoms with Crippen LogP contribution in [-0.4, -0.2) is 53.3 Å². The first kappa shape index (κ1) is 24.3. The Kier molecular flexibility index (Phi) is 7.96. The zero-order chi connectivity index (χ0) is 23.3. The number of aromatic nitrogens is 2. The first-order valence-electron chi connectivity index (χ1n) is 10.0. The van der Waals surface area contributed by atoms with Crippen molar-refractivity contribution in [2.75, 3.05) is 49.2 Å². The molecule has 0 saturated carbocycles. The number of anilines is 3. The predicted molar refractivity (Wildman–Crippen MR) is 124 cm³/mol. The van der Waals surface area contributed by atoms with E-state index in [0.29, 0.717) is 17.5 Å². The maximum atomic E-state index is 13.0. The van der Waals surface area contributed by atoms with Crippen LogP contribution in [0, 0.1) is 5.92 Å². The average molecular weight is 489 g/mol. The highest BCUT2D eigenvalue weighted by Crippen LogP contribution is 2.33. The quantitative estimate of drug-likeness (QED) is 0.483. The fourth-order valence-electron chi connectivity index (χ4n) is 3.40. The van der Waals surface area contributed by atoms with Crippen molar-refractivity contribution in [1.82, 2.24) is 14.9 Å². The number of benzene rings is 1. The number of methoxy groups -OCH3 is 1. The molecule has 7 nitrogen and oxygen atoms in total. The lowest BCUT2D eigenvalue weighted by Gasteiger charge is -2.16. The highest BCUT2D eigenvalue weighted by molar-refractivity contribution is 7.80. The standard InChI is InChI=1S/C20H24ClF3N6OS/c1-3-30-5-4-12(11-30)9-25-17-16(31-2)10-26-18(28-17)29-19(32)27-15-7-13(20(22,23)24)6-14(21)8-15/h6-8,10,12H,3-5,9,11H2,1-2H3,(H3,25,26,27,28,29,32). The number of ether oxygens (including phenoxy) is 1. The lowest BCUT2D eigenvalue weighted by Crippen LogP contribution is -2.23. The number of likely N-dealkylation sites (tertiary alicyclic amines) is 1. The average Bonchev–Trinajstić information content (AvgIpc) is 3.19.